The topological polar surface area (TPSA) is 117 Å². The third-order valence-electron chi connectivity index (χ3n) is 5.14. The largest absolute Gasteiger partial charge is 0.462 e. The normalized spacial score (nSPS) is 10.6. The molecule has 0 radical (unpaired) electrons. The van der Waals surface area contributed by atoms with Gasteiger partial charge in [-0.15, -0.1) is 11.3 Å². The molecule has 0 unspecified atom stereocenters. The Morgan fingerprint density at radius 2 is 1.71 bits per heavy atom. The third kappa shape index (κ3) is 5.07. The Kier molecular flexibility index (Phi) is 7.62. The van der Waals surface area contributed by atoms with E-state index in [0.29, 0.717) is 17.0 Å². The van der Waals surface area contributed by atoms with Gasteiger partial charge in [-0.1, -0.05) is 30.3 Å². The van der Waals surface area contributed by atoms with Crippen molar-refractivity contribution < 1.29 is 28.7 Å². The zero-order chi connectivity index (χ0) is 25.0. The summed E-state index contributed by atoms with van der Waals surface area (Å²) in [5.74, 6) is -3.29. The van der Waals surface area contributed by atoms with E-state index in [0.717, 1.165) is 10.4 Å². The lowest BCUT2D eigenvalue weighted by Gasteiger charge is -2.09. The van der Waals surface area contributed by atoms with Crippen LogP contribution < -0.4 is 5.32 Å². The number of rotatable bonds is 8. The quantitative estimate of drug-likeness (QED) is 0.295. The zero-order valence-electron chi connectivity index (χ0n) is 19.6. The molecule has 0 saturated carbocycles. The second-order valence-corrected chi connectivity index (χ2v) is 8.67. The standard InChI is InChI=1S/C24H25N3O6S/c1-6-32-23(30)20-19(16-10-8-7-9-11-16)15(4)34-22(20)25-17(28)12-33-24(31)21(29)18-13(2)26-27(5)14(18)3/h7-11H,6,12H2,1-5H3,(H,25,28). The molecule has 0 atom stereocenters. The highest BCUT2D eigenvalue weighted by atomic mass is 32.1. The highest BCUT2D eigenvalue weighted by molar-refractivity contribution is 7.17. The van der Waals surface area contributed by atoms with Crippen LogP contribution in [0.15, 0.2) is 30.3 Å². The van der Waals surface area contributed by atoms with Crippen LogP contribution in [0.2, 0.25) is 0 Å². The number of anilines is 1. The number of benzene rings is 1. The number of ketones is 1. The maximum atomic E-state index is 12.7. The summed E-state index contributed by atoms with van der Waals surface area (Å²) in [4.78, 5) is 50.8. The van der Waals surface area contributed by atoms with Crippen molar-refractivity contribution in [3.63, 3.8) is 0 Å². The molecule has 3 aromatic rings. The van der Waals surface area contributed by atoms with Gasteiger partial charge in [0.15, 0.2) is 6.61 Å². The van der Waals surface area contributed by atoms with Gasteiger partial charge in [0.05, 0.1) is 17.9 Å². The minimum Gasteiger partial charge on any atom is -0.462 e. The van der Waals surface area contributed by atoms with Gasteiger partial charge in [-0.2, -0.15) is 5.10 Å². The van der Waals surface area contributed by atoms with Gasteiger partial charge in [-0.05, 0) is 33.3 Å². The lowest BCUT2D eigenvalue weighted by Crippen LogP contribution is -2.26. The Morgan fingerprint density at radius 1 is 1.03 bits per heavy atom. The van der Waals surface area contributed by atoms with Crippen molar-refractivity contribution in [1.82, 2.24) is 9.78 Å². The molecule has 0 aliphatic rings. The number of Topliss-reactive ketones (excluding diaryl/α,β-unsaturated/α-hetero) is 1. The number of hydrogen-bond acceptors (Lipinski definition) is 8. The van der Waals surface area contributed by atoms with Crippen molar-refractivity contribution in [2.24, 2.45) is 7.05 Å². The first-order chi connectivity index (χ1) is 16.1. The van der Waals surface area contributed by atoms with Gasteiger partial charge in [0.25, 0.3) is 11.7 Å². The van der Waals surface area contributed by atoms with E-state index in [2.05, 4.69) is 10.4 Å². The van der Waals surface area contributed by atoms with Gasteiger partial charge in [0.2, 0.25) is 0 Å². The molecule has 9 nitrogen and oxygen atoms in total. The Bertz CT molecular complexity index is 1260. The molecule has 34 heavy (non-hydrogen) atoms. The van der Waals surface area contributed by atoms with Crippen LogP contribution in [-0.2, 0) is 26.1 Å². The molecule has 1 amide bonds. The molecular formula is C24H25N3O6S. The maximum Gasteiger partial charge on any atom is 0.380 e. The molecule has 1 N–H and O–H groups in total. The number of carbonyl (C=O) groups is 4. The fraction of sp³-hybridized carbons (Fsp3) is 0.292. The Labute approximate surface area is 200 Å². The van der Waals surface area contributed by atoms with Crippen molar-refractivity contribution in [2.45, 2.75) is 27.7 Å². The van der Waals surface area contributed by atoms with Gasteiger partial charge >= 0.3 is 11.9 Å². The average molecular weight is 484 g/mol. The highest BCUT2D eigenvalue weighted by Gasteiger charge is 2.28. The van der Waals surface area contributed by atoms with E-state index in [4.69, 9.17) is 9.47 Å². The molecule has 178 valence electrons. The van der Waals surface area contributed by atoms with Gasteiger partial charge in [0.1, 0.15) is 10.6 Å². The predicted octanol–water partition coefficient (Wildman–Crippen LogP) is 3.62. The number of esters is 2. The monoisotopic (exact) mass is 483 g/mol. The summed E-state index contributed by atoms with van der Waals surface area (Å²) >= 11 is 1.21. The predicted molar refractivity (Wildman–Crippen MR) is 127 cm³/mol. The number of ether oxygens (including phenoxy) is 2. The van der Waals surface area contributed by atoms with Crippen LogP contribution in [0.5, 0.6) is 0 Å². The van der Waals surface area contributed by atoms with E-state index in [1.165, 1.54) is 16.0 Å². The number of nitrogens with zero attached hydrogens (tertiary/aromatic N) is 2. The van der Waals surface area contributed by atoms with Gasteiger partial charge in [-0.3, -0.25) is 14.3 Å². The molecule has 0 bridgehead atoms. The summed E-state index contributed by atoms with van der Waals surface area (Å²) < 4.78 is 11.6. The molecule has 0 aliphatic heterocycles. The van der Waals surface area contributed by atoms with Gasteiger partial charge in [0, 0.05) is 23.2 Å². The minimum absolute atomic E-state index is 0.152. The van der Waals surface area contributed by atoms with E-state index in [1.807, 2.05) is 37.3 Å². The molecule has 2 heterocycles. The fourth-order valence-electron chi connectivity index (χ4n) is 3.55. The highest BCUT2D eigenvalue weighted by Crippen LogP contribution is 2.40. The van der Waals surface area contributed by atoms with Crippen LogP contribution in [-0.4, -0.2) is 46.6 Å². The number of carbonyl (C=O) groups excluding carboxylic acids is 4. The summed E-state index contributed by atoms with van der Waals surface area (Å²) in [6.45, 7) is 6.28. The van der Waals surface area contributed by atoms with E-state index in [-0.39, 0.29) is 22.7 Å². The maximum absolute atomic E-state index is 12.7. The average Bonchev–Trinajstić information content (AvgIpc) is 3.26. The summed E-state index contributed by atoms with van der Waals surface area (Å²) in [5.41, 5.74) is 2.76. The van der Waals surface area contributed by atoms with E-state index < -0.39 is 30.2 Å². The number of amides is 1. The summed E-state index contributed by atoms with van der Waals surface area (Å²) in [7, 11) is 1.66. The smallest absolute Gasteiger partial charge is 0.380 e. The lowest BCUT2D eigenvalue weighted by molar-refractivity contribution is -0.142. The molecular weight excluding hydrogens is 458 g/mol. The summed E-state index contributed by atoms with van der Waals surface area (Å²) in [6.07, 6.45) is 0. The number of thiophene rings is 1. The molecule has 0 spiro atoms. The second-order valence-electron chi connectivity index (χ2n) is 7.45. The number of aromatic nitrogens is 2. The molecule has 0 saturated heterocycles. The SMILES string of the molecule is CCOC(=O)c1c(NC(=O)COC(=O)C(=O)c2c(C)nn(C)c2C)sc(C)c1-c1ccccc1. The van der Waals surface area contributed by atoms with Crippen LogP contribution in [0.25, 0.3) is 11.1 Å². The number of aryl methyl sites for hydroxylation is 3. The van der Waals surface area contributed by atoms with Crippen LogP contribution in [0.4, 0.5) is 5.00 Å². The van der Waals surface area contributed by atoms with Crippen molar-refractivity contribution >= 4 is 40.0 Å². The van der Waals surface area contributed by atoms with Gasteiger partial charge < -0.3 is 14.8 Å². The Morgan fingerprint density at radius 3 is 2.29 bits per heavy atom. The molecule has 10 heteroatoms. The summed E-state index contributed by atoms with van der Waals surface area (Å²) in [6, 6.07) is 9.28. The third-order valence-corrected chi connectivity index (χ3v) is 6.16. The lowest BCUT2D eigenvalue weighted by atomic mass is 10.0. The zero-order valence-corrected chi connectivity index (χ0v) is 20.4. The molecule has 0 fully saturated rings. The van der Waals surface area contributed by atoms with Crippen LogP contribution in [0.3, 0.4) is 0 Å². The van der Waals surface area contributed by atoms with Crippen LogP contribution in [0.1, 0.15) is 43.9 Å². The van der Waals surface area contributed by atoms with Crippen molar-refractivity contribution in [3.8, 4) is 11.1 Å². The Hall–Kier alpha value is -3.79. The molecule has 0 aliphatic carbocycles. The van der Waals surface area contributed by atoms with Crippen molar-refractivity contribution in [3.05, 3.63) is 57.7 Å². The fourth-order valence-corrected chi connectivity index (χ4v) is 4.63. The van der Waals surface area contributed by atoms with E-state index >= 15 is 0 Å². The van der Waals surface area contributed by atoms with Crippen LogP contribution in [0, 0.1) is 20.8 Å². The second kappa shape index (κ2) is 10.4. The van der Waals surface area contributed by atoms with Crippen molar-refractivity contribution in [2.75, 3.05) is 18.5 Å². The molecule has 2 aromatic heterocycles. The molecule has 3 rings (SSSR count). The first-order valence-corrected chi connectivity index (χ1v) is 11.3. The first-order valence-electron chi connectivity index (χ1n) is 10.5. The van der Waals surface area contributed by atoms with Gasteiger partial charge in [-0.25, -0.2) is 9.59 Å². The Balaban J connectivity index is 1.77. The number of hydrogen-bond donors (Lipinski definition) is 1. The van der Waals surface area contributed by atoms with Crippen molar-refractivity contribution in [1.29, 1.82) is 0 Å². The first kappa shape index (κ1) is 24.8. The molecule has 1 aromatic carbocycles. The van der Waals surface area contributed by atoms with E-state index in [9.17, 15) is 19.2 Å². The van der Waals surface area contributed by atoms with Crippen LogP contribution >= 0.6 is 11.3 Å². The minimum atomic E-state index is -1.16. The van der Waals surface area contributed by atoms with E-state index in [1.54, 1.807) is 27.8 Å². The number of nitrogens with one attached hydrogen (secondary N) is 1. The summed E-state index contributed by atoms with van der Waals surface area (Å²) in [5, 5.41) is 7.00.